The Kier molecular flexibility index (Phi) is 12.4. The molecule has 0 N–H and O–H groups in total. The van der Waals surface area contributed by atoms with E-state index in [0.29, 0.717) is 0 Å². The molecule has 4 rings (SSSR count). The third-order valence-corrected chi connectivity index (χ3v) is 30.2. The maximum absolute atomic E-state index is 2.76. The zero-order chi connectivity index (χ0) is 32.7. The van der Waals surface area contributed by atoms with Crippen LogP contribution in [0.5, 0.6) is 0 Å². The van der Waals surface area contributed by atoms with E-state index in [0.717, 1.165) is 26.2 Å². The van der Waals surface area contributed by atoms with Crippen molar-refractivity contribution in [3.63, 3.8) is 0 Å². The molecule has 45 heavy (non-hydrogen) atoms. The summed E-state index contributed by atoms with van der Waals surface area (Å²) in [4.78, 5) is 9.35. The lowest BCUT2D eigenvalue weighted by Gasteiger charge is -2.41. The van der Waals surface area contributed by atoms with Gasteiger partial charge in [-0.3, -0.25) is 0 Å². The second kappa shape index (κ2) is 15.8. The molecule has 4 aromatic carbocycles. The minimum absolute atomic E-state index is 0.959. The van der Waals surface area contributed by atoms with Gasteiger partial charge >= 0.3 is 0 Å². The van der Waals surface area contributed by atoms with Crippen LogP contribution in [0.25, 0.3) is 0 Å². The normalized spacial score (nSPS) is 12.4. The van der Waals surface area contributed by atoms with Crippen molar-refractivity contribution in [2.45, 2.75) is 39.3 Å². The average Bonchev–Trinajstić information content (AvgIpc) is 2.95. The molecule has 0 unspecified atom stereocenters. The van der Waals surface area contributed by atoms with Gasteiger partial charge in [-0.15, -0.1) is 0 Å². The van der Waals surface area contributed by atoms with Gasteiger partial charge in [-0.1, -0.05) is 131 Å². The van der Waals surface area contributed by atoms with Crippen LogP contribution in [0.2, 0.25) is 13.1 Å². The molecule has 0 bridgehead atoms. The second-order valence-electron chi connectivity index (χ2n) is 14.0. The van der Waals surface area contributed by atoms with Gasteiger partial charge < -0.3 is 19.6 Å². The zero-order valence-corrected chi connectivity index (χ0v) is 32.4. The highest BCUT2D eigenvalue weighted by Crippen LogP contribution is 2.21. The monoisotopic (exact) mass is 650 g/mol. The Morgan fingerprint density at radius 3 is 0.778 bits per heavy atom. The Balaban J connectivity index is 2.10. The fraction of sp³-hybridized carbons (Fsp3) is 0.368. The van der Waals surface area contributed by atoms with Crippen LogP contribution < -0.4 is 20.7 Å². The van der Waals surface area contributed by atoms with Crippen LogP contribution in [0, 0.1) is 0 Å². The van der Waals surface area contributed by atoms with E-state index in [2.05, 4.69) is 186 Å². The standard InChI is InChI=1S/C38H54N4Si3/c1-39(2)27-31-19-11-15-23-35(31)43(36-24-16-12-20-32(36)28-40(3)4)45(9,10)44(37-25-17-13-21-33(37)29-41(5)6)38-26-18-14-22-34(38)30-42(7)8/h11-26H,27-30H2,1-10H3. The Hall–Kier alpha value is -2.63. The predicted octanol–water partition coefficient (Wildman–Crippen LogP) is 3.72. The number of benzene rings is 4. The summed E-state index contributed by atoms with van der Waals surface area (Å²) in [5.74, 6) is 0. The Morgan fingerprint density at radius 2 is 0.578 bits per heavy atom. The Morgan fingerprint density at radius 1 is 0.378 bits per heavy atom. The Labute approximate surface area is 278 Å². The van der Waals surface area contributed by atoms with Crippen molar-refractivity contribution in [3.8, 4) is 0 Å². The average molecular weight is 651 g/mol. The maximum atomic E-state index is 2.76. The van der Waals surface area contributed by atoms with E-state index in [9.17, 15) is 0 Å². The molecule has 0 aliphatic heterocycles. The molecule has 0 aliphatic carbocycles. The molecule has 0 fully saturated rings. The van der Waals surface area contributed by atoms with Crippen LogP contribution in [0.1, 0.15) is 22.3 Å². The van der Waals surface area contributed by atoms with Gasteiger partial charge in [-0.25, -0.2) is 0 Å². The summed E-state index contributed by atoms with van der Waals surface area (Å²) in [5, 5.41) is 6.43. The molecule has 0 spiro atoms. The van der Waals surface area contributed by atoms with Crippen molar-refractivity contribution in [2.24, 2.45) is 0 Å². The van der Waals surface area contributed by atoms with E-state index in [1.54, 1.807) is 20.7 Å². The molecule has 238 valence electrons. The molecule has 0 amide bonds. The fourth-order valence-electron chi connectivity index (χ4n) is 6.73. The highest BCUT2D eigenvalue weighted by atomic mass is 29.6. The number of rotatable bonds is 14. The van der Waals surface area contributed by atoms with E-state index in [-0.39, 0.29) is 0 Å². The third-order valence-electron chi connectivity index (χ3n) is 8.34. The largest absolute Gasteiger partial charge is 0.305 e. The molecular formula is C38H54N4Si3. The first-order valence-corrected chi connectivity index (χ1v) is 24.1. The maximum Gasteiger partial charge on any atom is 0.111 e. The summed E-state index contributed by atoms with van der Waals surface area (Å²) in [6, 6.07) is 37.7. The number of nitrogens with zero attached hydrogens (tertiary/aromatic N) is 4. The first-order valence-electron chi connectivity index (χ1n) is 16.1. The zero-order valence-electron chi connectivity index (χ0n) is 29.4. The van der Waals surface area contributed by atoms with Crippen LogP contribution >= 0.6 is 0 Å². The molecule has 4 nitrogen and oxygen atoms in total. The van der Waals surface area contributed by atoms with Gasteiger partial charge in [0.15, 0.2) is 0 Å². The molecule has 2 radical (unpaired) electrons. The minimum atomic E-state index is -2.13. The van der Waals surface area contributed by atoms with Gasteiger partial charge in [0.2, 0.25) is 0 Å². The molecule has 4 aromatic rings. The van der Waals surface area contributed by atoms with Crippen LogP contribution in [0.15, 0.2) is 97.1 Å². The molecule has 0 saturated carbocycles. The summed E-state index contributed by atoms with van der Waals surface area (Å²) in [5.41, 5.74) is 5.95. The van der Waals surface area contributed by atoms with E-state index >= 15 is 0 Å². The van der Waals surface area contributed by atoms with Crippen molar-refractivity contribution in [2.75, 3.05) is 56.4 Å². The quantitative estimate of drug-likeness (QED) is 0.193. The summed E-state index contributed by atoms with van der Waals surface area (Å²) < 4.78 is 0. The van der Waals surface area contributed by atoms with Gasteiger partial charge in [0.1, 0.15) is 16.6 Å². The van der Waals surface area contributed by atoms with E-state index < -0.39 is 23.7 Å². The van der Waals surface area contributed by atoms with Crippen LogP contribution in [-0.2, 0) is 26.2 Å². The number of hydrogen-bond donors (Lipinski definition) is 0. The molecule has 0 saturated heterocycles. The smallest absolute Gasteiger partial charge is 0.111 e. The SMILES string of the molecule is CN(C)Cc1ccccc1[Si](c1ccccc1CN(C)C)[Si](C)(C)[Si](c1ccccc1CN(C)C)c1ccccc1CN(C)C. The summed E-state index contributed by atoms with van der Waals surface area (Å²) in [6.07, 6.45) is 0. The van der Waals surface area contributed by atoms with E-state index in [4.69, 9.17) is 0 Å². The summed E-state index contributed by atoms with van der Waals surface area (Å²) in [6.45, 7) is 9.35. The first-order chi connectivity index (χ1) is 21.4. The topological polar surface area (TPSA) is 13.0 Å². The van der Waals surface area contributed by atoms with E-state index in [1.165, 1.54) is 22.3 Å². The van der Waals surface area contributed by atoms with Gasteiger partial charge in [0.05, 0.1) is 7.11 Å². The van der Waals surface area contributed by atoms with Crippen molar-refractivity contribution in [3.05, 3.63) is 119 Å². The molecular weight excluding hydrogens is 597 g/mol. The summed E-state index contributed by atoms with van der Waals surface area (Å²) in [7, 11) is 13.1. The van der Waals surface area contributed by atoms with Crippen molar-refractivity contribution >= 4 is 44.5 Å². The highest BCUT2D eigenvalue weighted by Gasteiger charge is 2.47. The second-order valence-corrected chi connectivity index (χ2v) is 32.9. The third kappa shape index (κ3) is 8.80. The van der Waals surface area contributed by atoms with Gasteiger partial charge in [0, 0.05) is 26.2 Å². The number of hydrogen-bond acceptors (Lipinski definition) is 4. The highest BCUT2D eigenvalue weighted by molar-refractivity contribution is 7.68. The van der Waals surface area contributed by atoms with Gasteiger partial charge in [-0.05, 0) is 78.6 Å². The molecule has 0 atom stereocenters. The van der Waals surface area contributed by atoms with E-state index in [1.807, 2.05) is 0 Å². The Bertz CT molecular complexity index is 1310. The lowest BCUT2D eigenvalue weighted by atomic mass is 10.2. The minimum Gasteiger partial charge on any atom is -0.305 e. The molecule has 7 heteroatoms. The van der Waals surface area contributed by atoms with Crippen LogP contribution in [0.4, 0.5) is 0 Å². The van der Waals surface area contributed by atoms with Crippen molar-refractivity contribution < 1.29 is 0 Å². The molecule has 0 aliphatic rings. The van der Waals surface area contributed by atoms with Crippen molar-refractivity contribution in [1.29, 1.82) is 0 Å². The lowest BCUT2D eigenvalue weighted by Crippen LogP contribution is -2.76. The molecule has 0 aromatic heterocycles. The first kappa shape index (κ1) is 35.2. The predicted molar refractivity (Wildman–Crippen MR) is 203 cm³/mol. The summed E-state index contributed by atoms with van der Waals surface area (Å²) >= 11 is 0. The lowest BCUT2D eigenvalue weighted by molar-refractivity contribution is 0.403. The van der Waals surface area contributed by atoms with Crippen LogP contribution in [-0.4, -0.2) is 99.7 Å². The molecule has 0 heterocycles. The fourth-order valence-corrected chi connectivity index (χ4v) is 32.1. The van der Waals surface area contributed by atoms with Gasteiger partial charge in [0.25, 0.3) is 0 Å². The van der Waals surface area contributed by atoms with Crippen molar-refractivity contribution in [1.82, 2.24) is 19.6 Å². The van der Waals surface area contributed by atoms with Crippen LogP contribution in [0.3, 0.4) is 0 Å². The van der Waals surface area contributed by atoms with Gasteiger partial charge in [-0.2, -0.15) is 0 Å².